The maximum Gasteiger partial charge on any atom is 0.339 e. The minimum absolute atomic E-state index is 0.0200. The molecule has 0 unspecified atom stereocenters. The van der Waals surface area contributed by atoms with Crippen LogP contribution in [-0.4, -0.2) is 46.0 Å². The van der Waals surface area contributed by atoms with Gasteiger partial charge in [0.1, 0.15) is 11.6 Å². The van der Waals surface area contributed by atoms with Gasteiger partial charge in [-0.3, -0.25) is 9.59 Å². The molecule has 1 heterocycles. The molecule has 2 aromatic carbocycles. The molecule has 0 saturated carbocycles. The number of nitrogens with zero attached hydrogens (tertiary/aromatic N) is 3. The third-order valence-electron chi connectivity index (χ3n) is 4.40. The number of thioether (sulfide) groups is 1. The van der Waals surface area contributed by atoms with Crippen molar-refractivity contribution in [3.8, 4) is 11.8 Å². The van der Waals surface area contributed by atoms with Crippen LogP contribution in [0.25, 0.3) is 5.69 Å². The first-order valence-electron chi connectivity index (χ1n) is 10.4. The quantitative estimate of drug-likeness (QED) is 0.358. The van der Waals surface area contributed by atoms with E-state index in [0.717, 1.165) is 0 Å². The van der Waals surface area contributed by atoms with Crippen LogP contribution in [0.1, 0.15) is 29.8 Å². The van der Waals surface area contributed by atoms with Crippen LogP contribution in [0.2, 0.25) is 0 Å². The van der Waals surface area contributed by atoms with Crippen LogP contribution in [0, 0.1) is 11.3 Å². The molecule has 0 atom stereocenters. The average Bonchev–Trinajstić information content (AvgIpc) is 3.24. The number of esters is 1. The second-order valence-electron chi connectivity index (χ2n) is 7.40. The number of ether oxygens (including phenoxy) is 1. The van der Waals surface area contributed by atoms with Crippen LogP contribution < -0.4 is 10.6 Å². The fraction of sp³-hybridized carbons (Fsp3) is 0.208. The number of rotatable bonds is 9. The van der Waals surface area contributed by atoms with Gasteiger partial charge in [-0.25, -0.2) is 9.48 Å². The zero-order valence-corrected chi connectivity index (χ0v) is 19.5. The van der Waals surface area contributed by atoms with Gasteiger partial charge >= 0.3 is 5.97 Å². The Kier molecular flexibility index (Phi) is 8.43. The van der Waals surface area contributed by atoms with Crippen molar-refractivity contribution in [2.24, 2.45) is 0 Å². The molecular formula is C24H23N5O4S. The predicted octanol–water partition coefficient (Wildman–Crippen LogP) is 3.16. The molecule has 1 aromatic heterocycles. The molecule has 0 aliphatic rings. The number of anilines is 1. The van der Waals surface area contributed by atoms with E-state index in [2.05, 4.69) is 15.7 Å². The number of amides is 2. The molecule has 0 bridgehead atoms. The number of nitriles is 1. The molecule has 9 nitrogen and oxygen atoms in total. The zero-order chi connectivity index (χ0) is 24.5. The van der Waals surface area contributed by atoms with Crippen molar-refractivity contribution in [3.63, 3.8) is 0 Å². The summed E-state index contributed by atoms with van der Waals surface area (Å²) >= 11 is 1.21. The first kappa shape index (κ1) is 24.5. The maximum absolute atomic E-state index is 12.6. The molecule has 3 aromatic rings. The Morgan fingerprint density at radius 2 is 1.79 bits per heavy atom. The van der Waals surface area contributed by atoms with E-state index in [-0.39, 0.29) is 34.6 Å². The number of carbonyl (C=O) groups excluding carboxylic acids is 3. The summed E-state index contributed by atoms with van der Waals surface area (Å²) in [5.41, 5.74) is 1.08. The Bertz CT molecular complexity index is 1220. The highest BCUT2D eigenvalue weighted by molar-refractivity contribution is 8.00. The second kappa shape index (κ2) is 11.7. The van der Waals surface area contributed by atoms with E-state index in [1.54, 1.807) is 48.5 Å². The summed E-state index contributed by atoms with van der Waals surface area (Å²) in [6, 6.07) is 17.7. The smallest absolute Gasteiger partial charge is 0.339 e. The van der Waals surface area contributed by atoms with E-state index in [1.165, 1.54) is 22.6 Å². The molecule has 0 radical (unpaired) electrons. The molecular weight excluding hydrogens is 454 g/mol. The zero-order valence-electron chi connectivity index (χ0n) is 18.6. The number of carbonyl (C=O) groups is 3. The topological polar surface area (TPSA) is 126 Å². The fourth-order valence-corrected chi connectivity index (χ4v) is 3.81. The van der Waals surface area contributed by atoms with E-state index in [0.29, 0.717) is 10.6 Å². The minimum Gasteiger partial charge on any atom is -0.452 e. The lowest BCUT2D eigenvalue weighted by molar-refractivity contribution is -0.119. The third kappa shape index (κ3) is 6.46. The SMILES string of the molecule is CC(C)NC(=O)CSc1ccccc1C(=O)OCC(=O)Nc1c(C#N)cnn1-c1ccccc1. The van der Waals surface area contributed by atoms with Crippen molar-refractivity contribution in [2.45, 2.75) is 24.8 Å². The van der Waals surface area contributed by atoms with Crippen molar-refractivity contribution in [1.82, 2.24) is 15.1 Å². The molecule has 0 fully saturated rings. The first-order chi connectivity index (χ1) is 16.4. The summed E-state index contributed by atoms with van der Waals surface area (Å²) in [5.74, 6) is -1.14. The van der Waals surface area contributed by atoms with Gasteiger partial charge in [0.25, 0.3) is 5.91 Å². The van der Waals surface area contributed by atoms with E-state index < -0.39 is 18.5 Å². The van der Waals surface area contributed by atoms with Crippen molar-refractivity contribution in [1.29, 1.82) is 5.26 Å². The van der Waals surface area contributed by atoms with Crippen molar-refractivity contribution in [2.75, 3.05) is 17.7 Å². The van der Waals surface area contributed by atoms with Crippen LogP contribution in [0.5, 0.6) is 0 Å². The molecule has 0 saturated heterocycles. The number of benzene rings is 2. The molecule has 2 N–H and O–H groups in total. The molecule has 10 heteroatoms. The molecule has 34 heavy (non-hydrogen) atoms. The normalized spacial score (nSPS) is 10.4. The molecule has 2 amide bonds. The van der Waals surface area contributed by atoms with Crippen molar-refractivity contribution < 1.29 is 19.1 Å². The summed E-state index contributed by atoms with van der Waals surface area (Å²) in [5, 5.41) is 18.9. The summed E-state index contributed by atoms with van der Waals surface area (Å²) in [6.45, 7) is 3.17. The number of para-hydroxylation sites is 1. The second-order valence-corrected chi connectivity index (χ2v) is 8.41. The number of nitrogens with one attached hydrogen (secondary N) is 2. The maximum atomic E-state index is 12.6. The predicted molar refractivity (Wildman–Crippen MR) is 128 cm³/mol. The van der Waals surface area contributed by atoms with E-state index >= 15 is 0 Å². The number of aromatic nitrogens is 2. The Hall–Kier alpha value is -4.10. The van der Waals surface area contributed by atoms with Crippen LogP contribution in [0.3, 0.4) is 0 Å². The van der Waals surface area contributed by atoms with Gasteiger partial charge in [0.2, 0.25) is 5.91 Å². The lowest BCUT2D eigenvalue weighted by Crippen LogP contribution is -2.31. The summed E-state index contributed by atoms with van der Waals surface area (Å²) in [6.07, 6.45) is 1.34. The van der Waals surface area contributed by atoms with Gasteiger partial charge in [-0.1, -0.05) is 30.3 Å². The van der Waals surface area contributed by atoms with Gasteiger partial charge < -0.3 is 15.4 Å². The van der Waals surface area contributed by atoms with Gasteiger partial charge in [0.15, 0.2) is 12.4 Å². The monoisotopic (exact) mass is 477 g/mol. The van der Waals surface area contributed by atoms with Crippen LogP contribution >= 0.6 is 11.8 Å². The Labute approximate surface area is 201 Å². The van der Waals surface area contributed by atoms with Gasteiger partial charge in [0, 0.05) is 10.9 Å². The highest BCUT2D eigenvalue weighted by atomic mass is 32.2. The molecule has 0 aliphatic heterocycles. The van der Waals surface area contributed by atoms with Crippen LogP contribution in [-0.2, 0) is 14.3 Å². The summed E-state index contributed by atoms with van der Waals surface area (Å²) in [4.78, 5) is 37.6. The minimum atomic E-state index is -0.695. The van der Waals surface area contributed by atoms with E-state index in [1.807, 2.05) is 26.0 Å². The Morgan fingerprint density at radius 3 is 2.50 bits per heavy atom. The van der Waals surface area contributed by atoms with Gasteiger partial charge in [-0.15, -0.1) is 11.8 Å². The van der Waals surface area contributed by atoms with Gasteiger partial charge in [-0.2, -0.15) is 10.4 Å². The fourth-order valence-electron chi connectivity index (χ4n) is 2.96. The highest BCUT2D eigenvalue weighted by Gasteiger charge is 2.18. The lowest BCUT2D eigenvalue weighted by atomic mass is 10.2. The molecule has 0 spiro atoms. The van der Waals surface area contributed by atoms with Crippen LogP contribution in [0.15, 0.2) is 65.7 Å². The highest BCUT2D eigenvalue weighted by Crippen LogP contribution is 2.23. The van der Waals surface area contributed by atoms with E-state index in [9.17, 15) is 19.6 Å². The molecule has 174 valence electrons. The van der Waals surface area contributed by atoms with Crippen molar-refractivity contribution in [3.05, 3.63) is 71.9 Å². The Balaban J connectivity index is 1.64. The number of hydrogen-bond acceptors (Lipinski definition) is 7. The standard InChI is InChI=1S/C24H23N5O4S/c1-16(2)27-22(31)15-34-20-11-7-6-10-19(20)24(32)33-14-21(30)28-23-17(12-25)13-26-29(23)18-8-4-3-5-9-18/h3-11,13,16H,14-15H2,1-2H3,(H,27,31)(H,28,30). The summed E-state index contributed by atoms with van der Waals surface area (Å²) < 4.78 is 6.62. The number of hydrogen-bond donors (Lipinski definition) is 2. The van der Waals surface area contributed by atoms with E-state index in [4.69, 9.17) is 4.74 Å². The van der Waals surface area contributed by atoms with Gasteiger partial charge in [-0.05, 0) is 38.1 Å². The van der Waals surface area contributed by atoms with Gasteiger partial charge in [0.05, 0.1) is 23.2 Å². The largest absolute Gasteiger partial charge is 0.452 e. The lowest BCUT2D eigenvalue weighted by Gasteiger charge is -2.12. The molecule has 3 rings (SSSR count). The van der Waals surface area contributed by atoms with Crippen molar-refractivity contribution >= 4 is 35.4 Å². The first-order valence-corrected chi connectivity index (χ1v) is 11.4. The average molecular weight is 478 g/mol. The summed E-state index contributed by atoms with van der Waals surface area (Å²) in [7, 11) is 0. The molecule has 0 aliphatic carbocycles. The third-order valence-corrected chi connectivity index (χ3v) is 5.47. The Morgan fingerprint density at radius 1 is 1.09 bits per heavy atom. The van der Waals surface area contributed by atoms with Crippen LogP contribution in [0.4, 0.5) is 5.82 Å².